The number of aliphatic hydroxyl groups is 1. The van der Waals surface area contributed by atoms with Gasteiger partial charge in [0.25, 0.3) is 0 Å². The van der Waals surface area contributed by atoms with Gasteiger partial charge in [-0.1, -0.05) is 0 Å². The minimum absolute atomic E-state index is 0.0401. The van der Waals surface area contributed by atoms with Crippen LogP contribution in [0.1, 0.15) is 49.6 Å². The number of rotatable bonds is 4. The van der Waals surface area contributed by atoms with Gasteiger partial charge in [-0.25, -0.2) is 0 Å². The number of pyridine rings is 1. The molecule has 3 heterocycles. The van der Waals surface area contributed by atoms with E-state index in [0.717, 1.165) is 23.2 Å². The smallest absolute Gasteiger partial charge is 0.399 e. The third-order valence-electron chi connectivity index (χ3n) is 6.14. The third-order valence-corrected chi connectivity index (χ3v) is 6.14. The van der Waals surface area contributed by atoms with Gasteiger partial charge in [0.2, 0.25) is 0 Å². The van der Waals surface area contributed by atoms with Gasteiger partial charge in [0.15, 0.2) is 5.82 Å². The molecule has 0 radical (unpaired) electrons. The maximum absolute atomic E-state index is 13.2. The van der Waals surface area contributed by atoms with E-state index in [1.54, 1.807) is 20.0 Å². The molecule has 0 amide bonds. The lowest BCUT2D eigenvalue weighted by Crippen LogP contribution is -2.42. The van der Waals surface area contributed by atoms with Crippen molar-refractivity contribution >= 4 is 28.1 Å². The van der Waals surface area contributed by atoms with E-state index in [-0.39, 0.29) is 5.69 Å². The van der Waals surface area contributed by atoms with Gasteiger partial charge in [-0.2, -0.15) is 18.3 Å². The molecule has 7 nitrogen and oxygen atoms in total. The lowest BCUT2D eigenvalue weighted by molar-refractivity contribution is -0.137. The first-order valence-corrected chi connectivity index (χ1v) is 10.8. The van der Waals surface area contributed by atoms with Crippen LogP contribution in [-0.4, -0.2) is 39.0 Å². The zero-order valence-corrected chi connectivity index (χ0v) is 18.7. The number of anilines is 3. The first kappa shape index (κ1) is 23.0. The Kier molecular flexibility index (Phi) is 5.81. The zero-order chi connectivity index (χ0) is 24.0. The highest BCUT2D eigenvalue weighted by molar-refractivity contribution is 5.92. The van der Waals surface area contributed by atoms with E-state index in [9.17, 15) is 18.3 Å². The number of nitrogens with zero attached hydrogens (tertiary/aromatic N) is 4. The number of nitrogens with one attached hydrogen (secondary N) is 1. The third kappa shape index (κ3) is 4.95. The van der Waals surface area contributed by atoms with Gasteiger partial charge in [0, 0.05) is 24.2 Å². The van der Waals surface area contributed by atoms with Crippen molar-refractivity contribution in [2.45, 2.75) is 51.4 Å². The fourth-order valence-corrected chi connectivity index (χ4v) is 4.05. The van der Waals surface area contributed by atoms with Gasteiger partial charge >= 0.3 is 6.18 Å². The van der Waals surface area contributed by atoms with Gasteiger partial charge in [0.1, 0.15) is 0 Å². The molecular formula is C23H27F3N6O. The zero-order valence-electron chi connectivity index (χ0n) is 18.7. The molecule has 3 aromatic rings. The van der Waals surface area contributed by atoms with Crippen molar-refractivity contribution in [1.29, 1.82) is 0 Å². The van der Waals surface area contributed by atoms with Gasteiger partial charge in [-0.05, 0) is 63.4 Å². The van der Waals surface area contributed by atoms with E-state index >= 15 is 0 Å². The fourth-order valence-electron chi connectivity index (χ4n) is 4.05. The summed E-state index contributed by atoms with van der Waals surface area (Å²) < 4.78 is 39.7. The Bertz CT molecular complexity index is 1170. The van der Waals surface area contributed by atoms with Crippen molar-refractivity contribution in [2.75, 3.05) is 29.0 Å². The molecule has 33 heavy (non-hydrogen) atoms. The van der Waals surface area contributed by atoms with Crippen LogP contribution in [-0.2, 0) is 6.18 Å². The Morgan fingerprint density at radius 3 is 2.52 bits per heavy atom. The number of hydrogen-bond donors (Lipinski definition) is 3. The van der Waals surface area contributed by atoms with Gasteiger partial charge in [-0.3, -0.25) is 4.98 Å². The fraction of sp³-hybridized carbons (Fsp3) is 0.435. The molecule has 10 heteroatoms. The number of nitrogen functional groups attached to an aromatic ring is 1. The first-order chi connectivity index (χ1) is 15.4. The highest BCUT2D eigenvalue weighted by atomic mass is 19.4. The van der Waals surface area contributed by atoms with Crippen LogP contribution in [0.2, 0.25) is 0 Å². The number of alkyl halides is 3. The maximum atomic E-state index is 13.2. The van der Waals surface area contributed by atoms with Crippen molar-refractivity contribution < 1.29 is 18.3 Å². The Morgan fingerprint density at radius 1 is 1.15 bits per heavy atom. The van der Waals surface area contributed by atoms with E-state index in [2.05, 4.69) is 25.4 Å². The molecule has 1 atom stereocenters. The predicted octanol–water partition coefficient (Wildman–Crippen LogP) is 4.46. The number of benzene rings is 1. The standard InChI is InChI=1S/C23H27F3N6O/c1-13(15-8-16(23(24,25)26)10-17(27)9-15)29-21-19-11-18(12-28-20(19)14(2)30-31-21)32-6-4-22(3,33)5-7-32/h8-13,33H,4-7,27H2,1-3H3,(H,29,31)/t13-/m1/s1. The number of fused-ring (bicyclic) bond motifs is 1. The summed E-state index contributed by atoms with van der Waals surface area (Å²) in [4.78, 5) is 6.73. The van der Waals surface area contributed by atoms with E-state index in [0.29, 0.717) is 48.5 Å². The van der Waals surface area contributed by atoms with E-state index in [1.807, 2.05) is 13.0 Å². The van der Waals surface area contributed by atoms with Crippen molar-refractivity contribution in [2.24, 2.45) is 0 Å². The molecule has 1 saturated heterocycles. The van der Waals surface area contributed by atoms with Crippen molar-refractivity contribution in [3.63, 3.8) is 0 Å². The number of nitrogens with two attached hydrogens (primary N) is 1. The van der Waals surface area contributed by atoms with Crippen LogP contribution in [0.4, 0.5) is 30.4 Å². The highest BCUT2D eigenvalue weighted by Crippen LogP contribution is 2.35. The van der Waals surface area contributed by atoms with Gasteiger partial charge in [0.05, 0.1) is 40.3 Å². The molecule has 4 N–H and O–H groups in total. The summed E-state index contributed by atoms with van der Waals surface area (Å²) in [6.45, 7) is 6.78. The number of halogens is 3. The summed E-state index contributed by atoms with van der Waals surface area (Å²) >= 11 is 0. The van der Waals surface area contributed by atoms with Crippen LogP contribution in [0, 0.1) is 6.92 Å². The summed E-state index contributed by atoms with van der Waals surface area (Å²) in [5.41, 5.74) is 6.90. The molecule has 2 aromatic heterocycles. The Labute approximate surface area is 189 Å². The van der Waals surface area contributed by atoms with Crippen LogP contribution in [0.3, 0.4) is 0 Å². The SMILES string of the molecule is Cc1nnc(N[C@H](C)c2cc(N)cc(C(F)(F)F)c2)c2cc(N3CCC(C)(O)CC3)cnc12. The summed E-state index contributed by atoms with van der Waals surface area (Å²) in [6.07, 6.45) is -1.41. The van der Waals surface area contributed by atoms with Gasteiger partial charge in [-0.15, -0.1) is 5.10 Å². The van der Waals surface area contributed by atoms with Crippen LogP contribution < -0.4 is 16.0 Å². The molecular weight excluding hydrogens is 433 g/mol. The molecule has 0 saturated carbocycles. The van der Waals surface area contributed by atoms with E-state index in [1.165, 1.54) is 6.07 Å². The monoisotopic (exact) mass is 460 g/mol. The van der Waals surface area contributed by atoms with Crippen LogP contribution in [0.25, 0.3) is 10.9 Å². The Balaban J connectivity index is 1.67. The van der Waals surface area contributed by atoms with Crippen molar-refractivity contribution in [1.82, 2.24) is 15.2 Å². The Morgan fingerprint density at radius 2 is 1.85 bits per heavy atom. The molecule has 0 aliphatic carbocycles. The second-order valence-corrected chi connectivity index (χ2v) is 8.96. The second kappa shape index (κ2) is 8.33. The lowest BCUT2D eigenvalue weighted by Gasteiger charge is -2.37. The largest absolute Gasteiger partial charge is 0.416 e. The van der Waals surface area contributed by atoms with Crippen LogP contribution in [0.5, 0.6) is 0 Å². The summed E-state index contributed by atoms with van der Waals surface area (Å²) in [5.74, 6) is 0.428. The van der Waals surface area contributed by atoms with E-state index < -0.39 is 23.4 Å². The lowest BCUT2D eigenvalue weighted by atomic mass is 9.93. The van der Waals surface area contributed by atoms with Gasteiger partial charge < -0.3 is 21.1 Å². The summed E-state index contributed by atoms with van der Waals surface area (Å²) in [7, 11) is 0. The topological polar surface area (TPSA) is 100 Å². The quantitative estimate of drug-likeness (QED) is 0.494. The van der Waals surface area contributed by atoms with Crippen LogP contribution >= 0.6 is 0 Å². The van der Waals surface area contributed by atoms with Crippen LogP contribution in [0.15, 0.2) is 30.5 Å². The number of hydrogen-bond acceptors (Lipinski definition) is 7. The second-order valence-electron chi connectivity index (χ2n) is 8.96. The molecule has 0 unspecified atom stereocenters. The summed E-state index contributed by atoms with van der Waals surface area (Å²) in [5, 5.41) is 22.6. The minimum atomic E-state index is -4.49. The normalized spacial score (nSPS) is 17.2. The molecule has 1 fully saturated rings. The molecule has 1 aliphatic rings. The number of aryl methyl sites for hydroxylation is 1. The summed E-state index contributed by atoms with van der Waals surface area (Å²) in [6, 6.07) is 4.97. The molecule has 1 aromatic carbocycles. The molecule has 176 valence electrons. The molecule has 0 bridgehead atoms. The van der Waals surface area contributed by atoms with E-state index in [4.69, 9.17) is 5.73 Å². The van der Waals surface area contributed by atoms with Crippen molar-refractivity contribution in [3.05, 3.63) is 47.3 Å². The Hall–Kier alpha value is -3.14. The predicted molar refractivity (Wildman–Crippen MR) is 122 cm³/mol. The minimum Gasteiger partial charge on any atom is -0.399 e. The van der Waals surface area contributed by atoms with Crippen molar-refractivity contribution in [3.8, 4) is 0 Å². The maximum Gasteiger partial charge on any atom is 0.416 e. The molecule has 1 aliphatic heterocycles. The average Bonchev–Trinajstić information content (AvgIpc) is 2.74. The average molecular weight is 461 g/mol. The highest BCUT2D eigenvalue weighted by Gasteiger charge is 2.31. The molecule has 0 spiro atoms. The number of piperidine rings is 1. The number of aromatic nitrogens is 3. The molecule has 4 rings (SSSR count). The first-order valence-electron chi connectivity index (χ1n) is 10.8.